The van der Waals surface area contributed by atoms with E-state index < -0.39 is 50.1 Å². The van der Waals surface area contributed by atoms with Crippen molar-refractivity contribution in [3.63, 3.8) is 0 Å². The number of nitro groups is 1. The van der Waals surface area contributed by atoms with Gasteiger partial charge in [0.15, 0.2) is 17.8 Å². The van der Waals surface area contributed by atoms with Gasteiger partial charge in [-0.05, 0) is 23.3 Å². The highest BCUT2D eigenvalue weighted by atomic mass is 19.4. The third-order valence-electron chi connectivity index (χ3n) is 5.66. The first-order valence-corrected chi connectivity index (χ1v) is 12.0. The van der Waals surface area contributed by atoms with Crippen LogP contribution in [0.4, 0.5) is 18.9 Å². The summed E-state index contributed by atoms with van der Waals surface area (Å²) in [6.07, 6.45) is -4.48. The van der Waals surface area contributed by atoms with Crippen molar-refractivity contribution >= 4 is 17.5 Å². The van der Waals surface area contributed by atoms with Gasteiger partial charge in [0.25, 0.3) is 0 Å². The molecule has 2 N–H and O–H groups in total. The van der Waals surface area contributed by atoms with Crippen LogP contribution in [0.1, 0.15) is 32.7 Å². The van der Waals surface area contributed by atoms with Gasteiger partial charge in [-0.15, -0.1) is 0 Å². The van der Waals surface area contributed by atoms with Crippen LogP contribution in [-0.4, -0.2) is 16.7 Å². The maximum Gasteiger partial charge on any atom is 0.479 e. The summed E-state index contributed by atoms with van der Waals surface area (Å²) < 4.78 is 51.2. The van der Waals surface area contributed by atoms with Gasteiger partial charge in [0.2, 0.25) is 5.75 Å². The minimum absolute atomic E-state index is 0.0489. The Hall–Kier alpha value is -5.66. The van der Waals surface area contributed by atoms with Gasteiger partial charge in [-0.2, -0.15) is 17.9 Å². The molecule has 4 aromatic rings. The van der Waals surface area contributed by atoms with E-state index in [1.165, 1.54) is 0 Å². The molecule has 0 saturated carbocycles. The lowest BCUT2D eigenvalue weighted by Gasteiger charge is -2.14. The summed E-state index contributed by atoms with van der Waals surface area (Å²) in [7, 11) is 0. The highest BCUT2D eigenvalue weighted by molar-refractivity contribution is 5.99. The Morgan fingerprint density at radius 1 is 0.929 bits per heavy atom. The molecule has 0 radical (unpaired) electrons. The van der Waals surface area contributed by atoms with E-state index >= 15 is 0 Å². The van der Waals surface area contributed by atoms with Gasteiger partial charge < -0.3 is 25.3 Å². The van der Waals surface area contributed by atoms with Gasteiger partial charge in [-0.3, -0.25) is 10.1 Å². The number of ether oxygens (including phenoxy) is 2. The highest BCUT2D eigenvalue weighted by Crippen LogP contribution is 2.40. The van der Waals surface area contributed by atoms with Gasteiger partial charge in [0.1, 0.15) is 13.2 Å². The Bertz CT molecular complexity index is 1620. The fourth-order valence-corrected chi connectivity index (χ4v) is 3.72. The molecule has 0 fully saturated rings. The molecule has 0 amide bonds. The minimum Gasteiger partial charge on any atom is -0.618 e. The van der Waals surface area contributed by atoms with Gasteiger partial charge in [0, 0.05) is 12.1 Å². The predicted octanol–water partition coefficient (Wildman–Crippen LogP) is 4.88. The average molecular weight is 582 g/mol. The molecule has 0 spiro atoms. The maximum absolute atomic E-state index is 13.4. The molecule has 42 heavy (non-hydrogen) atoms. The standard InChI is InChI=1S/C28H21F3N4O7/c29-28(30,31)25-21(12-7-13-34(25)37)26(32)33-42-27(36)20-14-22(35(38)39)24(41-17-19-10-5-2-6-11-19)23(15-20)40-16-18-8-3-1-4-9-18/h1-15H,16-17H2,(H2,32,33). The van der Waals surface area contributed by atoms with E-state index in [1.807, 2.05) is 0 Å². The number of nitrogens with zero attached hydrogens (tertiary/aromatic N) is 3. The van der Waals surface area contributed by atoms with Crippen LogP contribution in [0.5, 0.6) is 11.5 Å². The number of hydrogen-bond acceptors (Lipinski definition) is 8. The number of oxime groups is 1. The number of benzene rings is 3. The molecule has 0 atom stereocenters. The summed E-state index contributed by atoms with van der Waals surface area (Å²) in [5.41, 5.74) is 3.42. The van der Waals surface area contributed by atoms with E-state index in [4.69, 9.17) is 20.0 Å². The fourth-order valence-electron chi connectivity index (χ4n) is 3.72. The molecule has 1 aromatic heterocycles. The quantitative estimate of drug-likeness (QED) is 0.0528. The number of pyridine rings is 1. The summed E-state index contributed by atoms with van der Waals surface area (Å²) in [6, 6.07) is 21.4. The molecule has 3 aromatic carbocycles. The summed E-state index contributed by atoms with van der Waals surface area (Å²) in [5, 5.41) is 26.9. The number of aromatic nitrogens is 1. The number of hydrogen-bond donors (Lipinski definition) is 1. The number of alkyl halides is 3. The molecule has 4 rings (SSSR count). The van der Waals surface area contributed by atoms with Crippen LogP contribution in [0, 0.1) is 15.3 Å². The highest BCUT2D eigenvalue weighted by Gasteiger charge is 2.43. The maximum atomic E-state index is 13.4. The van der Waals surface area contributed by atoms with Crippen molar-refractivity contribution in [1.82, 2.24) is 0 Å². The van der Waals surface area contributed by atoms with Crippen molar-refractivity contribution in [2.45, 2.75) is 19.4 Å². The Labute approximate surface area is 235 Å². The molecule has 14 heteroatoms. The molecular formula is C28H21F3N4O7. The molecule has 0 aliphatic heterocycles. The van der Waals surface area contributed by atoms with Crippen molar-refractivity contribution < 1.29 is 41.9 Å². The molecule has 0 unspecified atom stereocenters. The Morgan fingerprint density at radius 3 is 2.10 bits per heavy atom. The lowest BCUT2D eigenvalue weighted by molar-refractivity contribution is -0.629. The lowest BCUT2D eigenvalue weighted by Crippen LogP contribution is -2.39. The van der Waals surface area contributed by atoms with Gasteiger partial charge >= 0.3 is 23.5 Å². The van der Waals surface area contributed by atoms with Gasteiger partial charge in [0.05, 0.1) is 16.1 Å². The molecule has 0 saturated heterocycles. The first-order chi connectivity index (χ1) is 20.0. The van der Waals surface area contributed by atoms with Crippen molar-refractivity contribution in [2.24, 2.45) is 10.9 Å². The number of rotatable bonds is 10. The van der Waals surface area contributed by atoms with E-state index in [9.17, 15) is 33.3 Å². The number of carbonyl (C=O) groups excluding carboxylic acids is 1. The van der Waals surface area contributed by atoms with E-state index in [-0.39, 0.29) is 24.7 Å². The lowest BCUT2D eigenvalue weighted by atomic mass is 10.1. The molecule has 0 aliphatic rings. The average Bonchev–Trinajstić information content (AvgIpc) is 2.97. The fraction of sp³-hybridized carbons (Fsp3) is 0.107. The second-order valence-corrected chi connectivity index (χ2v) is 8.58. The number of amidine groups is 1. The van der Waals surface area contributed by atoms with E-state index in [1.54, 1.807) is 60.7 Å². The topological polar surface area (TPSA) is 153 Å². The SMILES string of the molecule is N/C(=N\OC(=O)c1cc(OCc2ccccc2)c(OCc2ccccc2)c([N+](=O)[O-])c1)c1ccc[n+]([O-])c1C(F)(F)F. The summed E-state index contributed by atoms with van der Waals surface area (Å²) in [6.45, 7) is -0.112. The van der Waals surface area contributed by atoms with Crippen molar-refractivity contribution in [3.8, 4) is 11.5 Å². The Kier molecular flexibility index (Phi) is 8.85. The molecule has 1 heterocycles. The Balaban J connectivity index is 1.67. The first kappa shape index (κ1) is 29.3. The molecule has 11 nitrogen and oxygen atoms in total. The van der Waals surface area contributed by atoms with Gasteiger partial charge in [-0.25, -0.2) is 4.79 Å². The number of nitrogens with two attached hydrogens (primary N) is 1. The number of carbonyl (C=O) groups is 1. The zero-order valence-corrected chi connectivity index (χ0v) is 21.5. The molecule has 216 valence electrons. The summed E-state index contributed by atoms with van der Waals surface area (Å²) >= 11 is 0. The van der Waals surface area contributed by atoms with Gasteiger partial charge in [-0.1, -0.05) is 65.8 Å². The summed E-state index contributed by atoms with van der Waals surface area (Å²) in [5.74, 6) is -2.68. The van der Waals surface area contributed by atoms with Crippen LogP contribution < -0.4 is 19.9 Å². The number of halogens is 3. The number of nitro benzene ring substituents is 1. The van der Waals surface area contributed by atoms with Crippen LogP contribution in [0.2, 0.25) is 0 Å². The molecular weight excluding hydrogens is 561 g/mol. The Morgan fingerprint density at radius 2 is 1.52 bits per heavy atom. The van der Waals surface area contributed by atoms with Crippen LogP contribution in [0.3, 0.4) is 0 Å². The third-order valence-corrected chi connectivity index (χ3v) is 5.66. The summed E-state index contributed by atoms with van der Waals surface area (Å²) in [4.78, 5) is 28.7. The second kappa shape index (κ2) is 12.7. The zero-order valence-electron chi connectivity index (χ0n) is 21.5. The normalized spacial score (nSPS) is 11.5. The second-order valence-electron chi connectivity index (χ2n) is 8.58. The monoisotopic (exact) mass is 582 g/mol. The third kappa shape index (κ3) is 7.10. The van der Waals surface area contributed by atoms with Crippen LogP contribution in [-0.2, 0) is 24.2 Å². The van der Waals surface area contributed by atoms with E-state index in [0.29, 0.717) is 17.3 Å². The van der Waals surface area contributed by atoms with Crippen LogP contribution in [0.25, 0.3) is 0 Å². The van der Waals surface area contributed by atoms with Crippen LogP contribution >= 0.6 is 0 Å². The van der Waals surface area contributed by atoms with Crippen molar-refractivity contribution in [3.05, 3.63) is 134 Å². The van der Waals surface area contributed by atoms with Crippen molar-refractivity contribution in [1.29, 1.82) is 0 Å². The van der Waals surface area contributed by atoms with E-state index in [0.717, 1.165) is 24.3 Å². The molecule has 0 bridgehead atoms. The first-order valence-electron chi connectivity index (χ1n) is 12.0. The smallest absolute Gasteiger partial charge is 0.479 e. The van der Waals surface area contributed by atoms with Crippen LogP contribution in [0.15, 0.2) is 96.3 Å². The zero-order chi connectivity index (χ0) is 30.3. The minimum atomic E-state index is -5.09. The van der Waals surface area contributed by atoms with E-state index in [2.05, 4.69) is 5.16 Å². The van der Waals surface area contributed by atoms with Crippen molar-refractivity contribution in [2.75, 3.05) is 0 Å². The predicted molar refractivity (Wildman–Crippen MR) is 141 cm³/mol. The molecule has 0 aliphatic carbocycles. The largest absolute Gasteiger partial charge is 0.618 e.